The number of fused-ring (bicyclic) bond motifs is 2. The Hall–Kier alpha value is -3.94. The fourth-order valence-corrected chi connectivity index (χ4v) is 3.80. The lowest BCUT2D eigenvalue weighted by atomic mass is 10.1. The number of halogens is 1. The predicted molar refractivity (Wildman–Crippen MR) is 111 cm³/mol. The van der Waals surface area contributed by atoms with E-state index in [1.165, 1.54) is 35.9 Å². The largest absolute Gasteiger partial charge is 0.383 e. The van der Waals surface area contributed by atoms with Crippen LogP contribution in [0.3, 0.4) is 0 Å². The van der Waals surface area contributed by atoms with E-state index in [0.29, 0.717) is 17.1 Å². The number of aromatic nitrogens is 5. The highest BCUT2D eigenvalue weighted by molar-refractivity contribution is 6.12. The number of rotatable bonds is 4. The van der Waals surface area contributed by atoms with Crippen LogP contribution in [0.2, 0.25) is 0 Å². The Kier molecular flexibility index (Phi) is 3.41. The van der Waals surface area contributed by atoms with Crippen LogP contribution in [0.25, 0.3) is 27.6 Å². The minimum absolute atomic E-state index is 0.238. The molecule has 0 bridgehead atoms. The number of nitrogens with zero attached hydrogens (tertiary/aromatic N) is 3. The van der Waals surface area contributed by atoms with Crippen LogP contribution in [0.5, 0.6) is 0 Å². The monoisotopic (exact) mass is 400 g/mol. The van der Waals surface area contributed by atoms with Crippen molar-refractivity contribution in [3.05, 3.63) is 71.6 Å². The van der Waals surface area contributed by atoms with Crippen molar-refractivity contribution >= 4 is 33.5 Å². The smallest absolute Gasteiger partial charge is 0.214 e. The van der Waals surface area contributed by atoms with Gasteiger partial charge in [0.2, 0.25) is 5.78 Å². The molecule has 30 heavy (non-hydrogen) atoms. The molecule has 0 radical (unpaired) electrons. The lowest BCUT2D eigenvalue weighted by molar-refractivity contribution is 0.103. The summed E-state index contributed by atoms with van der Waals surface area (Å²) in [6.45, 7) is 0. The first-order chi connectivity index (χ1) is 14.6. The first-order valence-electron chi connectivity index (χ1n) is 9.73. The van der Waals surface area contributed by atoms with E-state index in [9.17, 15) is 9.18 Å². The van der Waals surface area contributed by atoms with Crippen LogP contribution >= 0.6 is 0 Å². The third-order valence-electron chi connectivity index (χ3n) is 5.57. The molecule has 1 aliphatic carbocycles. The zero-order valence-corrected chi connectivity index (χ0v) is 15.8. The molecule has 0 spiro atoms. The van der Waals surface area contributed by atoms with Gasteiger partial charge in [-0.05, 0) is 55.3 Å². The molecule has 0 unspecified atom stereocenters. The van der Waals surface area contributed by atoms with E-state index in [2.05, 4.69) is 20.1 Å². The van der Waals surface area contributed by atoms with Gasteiger partial charge in [-0.3, -0.25) is 4.79 Å². The first kappa shape index (κ1) is 17.0. The van der Waals surface area contributed by atoms with E-state index >= 15 is 0 Å². The topological polar surface area (TPSA) is 105 Å². The fraction of sp³-hybridized carbons (Fsp3) is 0.136. The molecule has 5 aromatic rings. The Balaban J connectivity index is 1.37. The number of benzene rings is 2. The maximum absolute atomic E-state index is 13.4. The maximum atomic E-state index is 13.4. The van der Waals surface area contributed by atoms with E-state index < -0.39 is 0 Å². The van der Waals surface area contributed by atoms with Crippen molar-refractivity contribution in [3.63, 3.8) is 0 Å². The van der Waals surface area contributed by atoms with Gasteiger partial charge in [0.1, 0.15) is 17.5 Å². The fourth-order valence-electron chi connectivity index (χ4n) is 3.80. The number of hydrogen-bond donors (Lipinski definition) is 3. The third-order valence-corrected chi connectivity index (χ3v) is 5.57. The number of carbonyl (C=O) groups excluding carboxylic acids is 1. The normalized spacial score (nSPS) is 14.0. The lowest BCUT2D eigenvalue weighted by Gasteiger charge is -2.05. The summed E-state index contributed by atoms with van der Waals surface area (Å²) in [6.07, 6.45) is 3.80. The molecular formula is C22H17FN6O. The summed E-state index contributed by atoms with van der Waals surface area (Å²) in [4.78, 5) is 24.0. The molecule has 3 heterocycles. The molecule has 6 rings (SSSR count). The number of carbonyl (C=O) groups is 1. The number of imidazole rings is 1. The van der Waals surface area contributed by atoms with E-state index in [-0.39, 0.29) is 23.0 Å². The highest BCUT2D eigenvalue weighted by Gasteiger charge is 2.27. The number of hydrogen-bond acceptors (Lipinski definition) is 4. The molecule has 0 aliphatic heterocycles. The molecule has 8 heteroatoms. The molecular weight excluding hydrogens is 383 g/mol. The van der Waals surface area contributed by atoms with Crippen LogP contribution in [0.4, 0.5) is 10.2 Å². The molecule has 3 aromatic heterocycles. The summed E-state index contributed by atoms with van der Waals surface area (Å²) >= 11 is 0. The Morgan fingerprint density at radius 2 is 1.97 bits per heavy atom. The molecule has 7 nitrogen and oxygen atoms in total. The molecule has 2 aromatic carbocycles. The molecule has 148 valence electrons. The second kappa shape index (κ2) is 6.03. The van der Waals surface area contributed by atoms with E-state index in [1.54, 1.807) is 12.1 Å². The van der Waals surface area contributed by atoms with E-state index in [0.717, 1.165) is 27.9 Å². The van der Waals surface area contributed by atoms with Crippen molar-refractivity contribution in [2.75, 3.05) is 5.73 Å². The summed E-state index contributed by atoms with van der Waals surface area (Å²) < 4.78 is 15.0. The number of nitrogens with one attached hydrogen (secondary N) is 2. The van der Waals surface area contributed by atoms with Gasteiger partial charge in [0.05, 0.1) is 34.2 Å². The second-order valence-corrected chi connectivity index (χ2v) is 7.70. The average molecular weight is 400 g/mol. The number of H-pyrrole nitrogens is 2. The summed E-state index contributed by atoms with van der Waals surface area (Å²) in [5.74, 6) is 1.12. The summed E-state index contributed by atoms with van der Waals surface area (Å²) in [7, 11) is 0. The summed E-state index contributed by atoms with van der Waals surface area (Å²) in [5.41, 5.74) is 9.98. The Morgan fingerprint density at radius 1 is 1.10 bits per heavy atom. The third kappa shape index (κ3) is 2.61. The van der Waals surface area contributed by atoms with Crippen LogP contribution in [0.1, 0.15) is 40.6 Å². The van der Waals surface area contributed by atoms with Gasteiger partial charge in [-0.15, -0.1) is 0 Å². The van der Waals surface area contributed by atoms with Gasteiger partial charge in [0.15, 0.2) is 0 Å². The average Bonchev–Trinajstić information content (AvgIpc) is 3.18. The van der Waals surface area contributed by atoms with Gasteiger partial charge >= 0.3 is 0 Å². The van der Waals surface area contributed by atoms with Crippen molar-refractivity contribution in [1.29, 1.82) is 0 Å². The Bertz CT molecular complexity index is 1460. The number of anilines is 1. The van der Waals surface area contributed by atoms with Gasteiger partial charge in [-0.2, -0.15) is 5.10 Å². The minimum Gasteiger partial charge on any atom is -0.383 e. The highest BCUT2D eigenvalue weighted by atomic mass is 19.1. The maximum Gasteiger partial charge on any atom is 0.214 e. The number of ketones is 1. The highest BCUT2D eigenvalue weighted by Crippen LogP contribution is 2.39. The van der Waals surface area contributed by atoms with Crippen molar-refractivity contribution < 1.29 is 9.18 Å². The van der Waals surface area contributed by atoms with Gasteiger partial charge in [-0.1, -0.05) is 0 Å². The summed E-state index contributed by atoms with van der Waals surface area (Å²) in [6, 6.07) is 11.8. The molecule has 1 aliphatic rings. The van der Waals surface area contributed by atoms with E-state index in [1.807, 2.05) is 18.2 Å². The first-order valence-corrected chi connectivity index (χ1v) is 9.73. The van der Waals surface area contributed by atoms with Crippen molar-refractivity contribution in [3.8, 4) is 5.69 Å². The van der Waals surface area contributed by atoms with Gasteiger partial charge in [-0.25, -0.2) is 14.1 Å². The second-order valence-electron chi connectivity index (χ2n) is 7.70. The van der Waals surface area contributed by atoms with Crippen molar-refractivity contribution in [1.82, 2.24) is 24.7 Å². The minimum atomic E-state index is -0.366. The number of nitrogens with two attached hydrogens (primary N) is 1. The SMILES string of the molecule is Nc1c(C(=O)c2cc3ccc(F)cc3[nH]2)cnn1-c1ccc2[nH]c(C3CC3)nc2c1. The van der Waals surface area contributed by atoms with E-state index in [4.69, 9.17) is 5.73 Å². The van der Waals surface area contributed by atoms with Gasteiger partial charge in [0, 0.05) is 16.8 Å². The van der Waals surface area contributed by atoms with Crippen LogP contribution in [0.15, 0.2) is 48.7 Å². The van der Waals surface area contributed by atoms with Crippen LogP contribution in [0, 0.1) is 5.82 Å². The molecule has 1 saturated carbocycles. The van der Waals surface area contributed by atoms with Crippen LogP contribution in [-0.2, 0) is 0 Å². The molecule has 1 fully saturated rings. The zero-order valence-electron chi connectivity index (χ0n) is 15.8. The molecule has 0 amide bonds. The van der Waals surface area contributed by atoms with Gasteiger partial charge < -0.3 is 15.7 Å². The Labute approximate surface area is 169 Å². The number of nitrogen functional groups attached to an aromatic ring is 1. The standard InChI is InChI=1S/C22H17FN6O/c23-13-4-3-12-7-19(26-17(12)8-13)20(30)15-10-25-29(21(15)24)14-5-6-16-18(9-14)28-22(27-16)11-1-2-11/h3-11,26H,1-2,24H2,(H,27,28). The quantitative estimate of drug-likeness (QED) is 0.396. The molecule has 4 N–H and O–H groups in total. The molecule has 0 saturated heterocycles. The molecule has 0 atom stereocenters. The summed E-state index contributed by atoms with van der Waals surface area (Å²) in [5, 5.41) is 5.07. The van der Waals surface area contributed by atoms with Crippen LogP contribution < -0.4 is 5.73 Å². The van der Waals surface area contributed by atoms with Gasteiger partial charge in [0.25, 0.3) is 0 Å². The lowest BCUT2D eigenvalue weighted by Crippen LogP contribution is -2.07. The Morgan fingerprint density at radius 3 is 2.80 bits per heavy atom. The number of aromatic amines is 2. The van der Waals surface area contributed by atoms with Crippen molar-refractivity contribution in [2.24, 2.45) is 0 Å². The van der Waals surface area contributed by atoms with Crippen LogP contribution in [-0.4, -0.2) is 30.5 Å². The predicted octanol–water partition coefficient (Wildman–Crippen LogP) is 4.06. The van der Waals surface area contributed by atoms with Crippen molar-refractivity contribution in [2.45, 2.75) is 18.8 Å². The zero-order chi connectivity index (χ0) is 20.4.